The van der Waals surface area contributed by atoms with Crippen LogP contribution in [0.2, 0.25) is 5.02 Å². The van der Waals surface area contributed by atoms with Crippen molar-refractivity contribution in [3.63, 3.8) is 0 Å². The summed E-state index contributed by atoms with van der Waals surface area (Å²) in [5, 5.41) is 3.73. The lowest BCUT2D eigenvalue weighted by Crippen LogP contribution is -2.54. The maximum atomic E-state index is 14.7. The Kier molecular flexibility index (Phi) is 10.5. The predicted molar refractivity (Wildman–Crippen MR) is 185 cm³/mol. The van der Waals surface area contributed by atoms with Gasteiger partial charge in [-0.1, -0.05) is 85.1 Å². The van der Waals surface area contributed by atoms with Gasteiger partial charge >= 0.3 is 0 Å². The minimum Gasteiger partial charge on any atom is -0.486 e. The highest BCUT2D eigenvalue weighted by Gasteiger charge is 2.36. The number of nitrogens with one attached hydrogen (secondary N) is 1. The van der Waals surface area contributed by atoms with E-state index in [1.165, 1.54) is 17.0 Å². The highest BCUT2D eigenvalue weighted by molar-refractivity contribution is 7.92. The molecule has 4 aromatic rings. The van der Waals surface area contributed by atoms with Crippen LogP contribution in [0, 0.1) is 0 Å². The van der Waals surface area contributed by atoms with Gasteiger partial charge in [0.15, 0.2) is 11.5 Å². The summed E-state index contributed by atoms with van der Waals surface area (Å²) in [5.41, 5.74) is 1.85. The minimum absolute atomic E-state index is 0.0240. The summed E-state index contributed by atoms with van der Waals surface area (Å²) in [6.45, 7) is 0.188. The number of amides is 2. The van der Waals surface area contributed by atoms with E-state index in [0.29, 0.717) is 29.7 Å². The molecule has 11 heteroatoms. The molecule has 0 bridgehead atoms. The Labute approximate surface area is 286 Å². The second kappa shape index (κ2) is 15.1. The third kappa shape index (κ3) is 7.94. The molecule has 1 unspecified atom stereocenters. The molecule has 6 rings (SSSR count). The Bertz CT molecular complexity index is 1820. The Morgan fingerprint density at radius 3 is 2.15 bits per heavy atom. The summed E-state index contributed by atoms with van der Waals surface area (Å²) in [6, 6.07) is 28.5. The van der Waals surface area contributed by atoms with Crippen LogP contribution in [0.3, 0.4) is 0 Å². The normalized spacial score (nSPS) is 15.0. The van der Waals surface area contributed by atoms with Crippen molar-refractivity contribution >= 4 is 39.1 Å². The van der Waals surface area contributed by atoms with Crippen LogP contribution in [-0.4, -0.2) is 57.0 Å². The van der Waals surface area contributed by atoms with Crippen LogP contribution in [0.4, 0.5) is 5.69 Å². The van der Waals surface area contributed by atoms with Crippen molar-refractivity contribution in [3.05, 3.63) is 119 Å². The SMILES string of the molecule is O=C(NC1CCCC1)C(Cc1ccccc1)N(Cc1ccc(Cl)cc1)C(=O)CN(c1ccc2c(c1)OCCO2)S(=O)(=O)c1ccccc1. The number of hydrogen-bond acceptors (Lipinski definition) is 6. The van der Waals surface area contributed by atoms with E-state index in [-0.39, 0.29) is 35.5 Å². The maximum absolute atomic E-state index is 14.7. The molecule has 0 spiro atoms. The van der Waals surface area contributed by atoms with Crippen molar-refractivity contribution in [3.8, 4) is 11.5 Å². The molecule has 0 aromatic heterocycles. The van der Waals surface area contributed by atoms with Gasteiger partial charge in [-0.3, -0.25) is 13.9 Å². The number of rotatable bonds is 12. The molecule has 9 nitrogen and oxygen atoms in total. The molecular formula is C37H38ClN3O6S. The summed E-state index contributed by atoms with van der Waals surface area (Å²) in [5.74, 6) is 0.0614. The Balaban J connectivity index is 1.40. The largest absolute Gasteiger partial charge is 0.486 e. The van der Waals surface area contributed by atoms with Gasteiger partial charge in [0, 0.05) is 30.1 Å². The molecule has 1 saturated carbocycles. The molecule has 1 heterocycles. The summed E-state index contributed by atoms with van der Waals surface area (Å²) >= 11 is 6.18. The first-order valence-electron chi connectivity index (χ1n) is 16.1. The molecule has 1 atom stereocenters. The lowest BCUT2D eigenvalue weighted by molar-refractivity contribution is -0.140. The molecule has 2 amide bonds. The van der Waals surface area contributed by atoms with E-state index in [9.17, 15) is 18.0 Å². The van der Waals surface area contributed by atoms with Gasteiger partial charge in [-0.15, -0.1) is 0 Å². The van der Waals surface area contributed by atoms with Gasteiger partial charge in [0.1, 0.15) is 25.8 Å². The number of hydrogen-bond donors (Lipinski definition) is 1. The molecular weight excluding hydrogens is 650 g/mol. The van der Waals surface area contributed by atoms with Gasteiger partial charge in [0.05, 0.1) is 10.6 Å². The first kappa shape index (κ1) is 33.4. The van der Waals surface area contributed by atoms with Crippen LogP contribution >= 0.6 is 11.6 Å². The minimum atomic E-state index is -4.24. The van der Waals surface area contributed by atoms with E-state index in [2.05, 4.69) is 5.32 Å². The molecule has 4 aromatic carbocycles. The molecule has 1 aliphatic carbocycles. The number of ether oxygens (including phenoxy) is 2. The van der Waals surface area contributed by atoms with Crippen molar-refractivity contribution in [2.75, 3.05) is 24.1 Å². The van der Waals surface area contributed by atoms with E-state index in [0.717, 1.165) is 41.1 Å². The molecule has 48 heavy (non-hydrogen) atoms. The number of carbonyl (C=O) groups excluding carboxylic acids is 2. The average molecular weight is 688 g/mol. The van der Waals surface area contributed by atoms with E-state index >= 15 is 0 Å². The monoisotopic (exact) mass is 687 g/mol. The van der Waals surface area contributed by atoms with Gasteiger partial charge in [0.25, 0.3) is 10.0 Å². The summed E-state index contributed by atoms with van der Waals surface area (Å²) in [7, 11) is -4.24. The van der Waals surface area contributed by atoms with E-state index < -0.39 is 28.5 Å². The average Bonchev–Trinajstić information content (AvgIpc) is 3.63. The fourth-order valence-electron chi connectivity index (χ4n) is 6.14. The van der Waals surface area contributed by atoms with Crippen molar-refractivity contribution in [2.24, 2.45) is 0 Å². The van der Waals surface area contributed by atoms with Crippen molar-refractivity contribution < 1.29 is 27.5 Å². The van der Waals surface area contributed by atoms with Crippen LogP contribution < -0.4 is 19.1 Å². The second-order valence-corrected chi connectivity index (χ2v) is 14.3. The number of anilines is 1. The quantitative estimate of drug-likeness (QED) is 0.196. The Morgan fingerprint density at radius 1 is 0.812 bits per heavy atom. The van der Waals surface area contributed by atoms with Gasteiger partial charge in [-0.25, -0.2) is 8.42 Å². The van der Waals surface area contributed by atoms with E-state index in [1.54, 1.807) is 60.7 Å². The summed E-state index contributed by atoms with van der Waals surface area (Å²) < 4.78 is 41.1. The van der Waals surface area contributed by atoms with Crippen LogP contribution in [0.15, 0.2) is 108 Å². The van der Waals surface area contributed by atoms with Gasteiger partial charge in [0.2, 0.25) is 11.8 Å². The van der Waals surface area contributed by atoms with Crippen LogP contribution in [0.25, 0.3) is 0 Å². The van der Waals surface area contributed by atoms with Crippen LogP contribution in [0.1, 0.15) is 36.8 Å². The number of carbonyl (C=O) groups is 2. The van der Waals surface area contributed by atoms with Crippen molar-refractivity contribution in [1.29, 1.82) is 0 Å². The summed E-state index contributed by atoms with van der Waals surface area (Å²) in [4.78, 5) is 30.4. The zero-order chi connectivity index (χ0) is 33.5. The van der Waals surface area contributed by atoms with E-state index in [1.807, 2.05) is 30.3 Å². The highest BCUT2D eigenvalue weighted by Crippen LogP contribution is 2.36. The third-order valence-corrected chi connectivity index (χ3v) is 10.7. The highest BCUT2D eigenvalue weighted by atomic mass is 35.5. The topological polar surface area (TPSA) is 105 Å². The first-order valence-corrected chi connectivity index (χ1v) is 18.0. The zero-order valence-corrected chi connectivity index (χ0v) is 28.0. The number of benzene rings is 4. The number of nitrogens with zero attached hydrogens (tertiary/aromatic N) is 2. The smallest absolute Gasteiger partial charge is 0.264 e. The zero-order valence-electron chi connectivity index (χ0n) is 26.5. The molecule has 1 aliphatic heterocycles. The molecule has 1 N–H and O–H groups in total. The van der Waals surface area contributed by atoms with Gasteiger partial charge in [-0.2, -0.15) is 0 Å². The fraction of sp³-hybridized carbons (Fsp3) is 0.297. The lowest BCUT2D eigenvalue weighted by atomic mass is 10.0. The molecule has 0 saturated heterocycles. The van der Waals surface area contributed by atoms with Crippen molar-refractivity contribution in [1.82, 2.24) is 10.2 Å². The van der Waals surface area contributed by atoms with Gasteiger partial charge in [-0.05, 0) is 60.4 Å². The van der Waals surface area contributed by atoms with Crippen LogP contribution in [0.5, 0.6) is 11.5 Å². The second-order valence-electron chi connectivity index (χ2n) is 12.0. The molecule has 2 aliphatic rings. The Hall–Kier alpha value is -4.54. The van der Waals surface area contributed by atoms with Crippen LogP contribution in [-0.2, 0) is 32.6 Å². The van der Waals surface area contributed by atoms with Gasteiger partial charge < -0.3 is 19.7 Å². The first-order chi connectivity index (χ1) is 23.3. The molecule has 250 valence electrons. The lowest BCUT2D eigenvalue weighted by Gasteiger charge is -2.34. The Morgan fingerprint density at radius 2 is 1.46 bits per heavy atom. The number of fused-ring (bicyclic) bond motifs is 1. The number of sulfonamides is 1. The third-order valence-electron chi connectivity index (χ3n) is 8.66. The standard InChI is InChI=1S/C37H38ClN3O6S/c38-29-17-15-28(16-18-29)25-40(33(23-27-9-3-1-4-10-27)37(43)39-30-11-7-8-12-30)36(42)26-41(48(44,45)32-13-5-2-6-14-32)31-19-20-34-35(24-31)47-22-21-46-34/h1-6,9-10,13-20,24,30,33H,7-8,11-12,21-23,25-26H2,(H,39,43). The van der Waals surface area contributed by atoms with Crippen molar-refractivity contribution in [2.45, 2.75) is 55.6 Å². The maximum Gasteiger partial charge on any atom is 0.264 e. The molecule has 1 fully saturated rings. The number of halogens is 1. The summed E-state index contributed by atoms with van der Waals surface area (Å²) in [6.07, 6.45) is 4.06. The fourth-order valence-corrected chi connectivity index (χ4v) is 7.70. The predicted octanol–water partition coefficient (Wildman–Crippen LogP) is 6.01. The van der Waals surface area contributed by atoms with E-state index in [4.69, 9.17) is 21.1 Å². The molecule has 0 radical (unpaired) electrons.